The van der Waals surface area contributed by atoms with Gasteiger partial charge in [0.15, 0.2) is 5.75 Å². The van der Waals surface area contributed by atoms with E-state index in [0.717, 1.165) is 18.4 Å². The second kappa shape index (κ2) is 9.14. The highest BCUT2D eigenvalue weighted by atomic mass is 32.2. The lowest BCUT2D eigenvalue weighted by atomic mass is 10.1. The van der Waals surface area contributed by atoms with Crippen molar-refractivity contribution < 1.29 is 36.7 Å². The number of hydrogen-bond acceptors (Lipinski definition) is 8. The van der Waals surface area contributed by atoms with E-state index in [1.54, 1.807) is 6.92 Å². The molecule has 176 valence electrons. The van der Waals surface area contributed by atoms with Gasteiger partial charge in [-0.15, -0.1) is 0 Å². The molecule has 0 bridgehead atoms. The minimum Gasteiger partial charge on any atom is -0.491 e. The molecular weight excluding hydrogens is 457 g/mol. The largest absolute Gasteiger partial charge is 0.491 e. The van der Waals surface area contributed by atoms with Gasteiger partial charge in [-0.1, -0.05) is 0 Å². The summed E-state index contributed by atoms with van der Waals surface area (Å²) < 4.78 is 49.6. The zero-order valence-corrected chi connectivity index (χ0v) is 19.2. The van der Waals surface area contributed by atoms with Crippen molar-refractivity contribution in [2.45, 2.75) is 19.9 Å². The van der Waals surface area contributed by atoms with Gasteiger partial charge in [0, 0.05) is 13.2 Å². The monoisotopic (exact) mass is 479 g/mol. The van der Waals surface area contributed by atoms with E-state index in [1.165, 1.54) is 26.2 Å². The van der Waals surface area contributed by atoms with Crippen molar-refractivity contribution in [3.05, 3.63) is 46.9 Å². The quantitative estimate of drug-likeness (QED) is 0.569. The molecule has 0 saturated heterocycles. The number of fused-ring (bicyclic) bond motifs is 1. The molecule has 0 radical (unpaired) electrons. The molecule has 1 atom stereocenters. The molecule has 1 N–H and O–H groups in total. The summed E-state index contributed by atoms with van der Waals surface area (Å²) in [6.45, 7) is 3.12. The van der Waals surface area contributed by atoms with Crippen molar-refractivity contribution in [3.63, 3.8) is 0 Å². The lowest BCUT2D eigenvalue weighted by Gasteiger charge is -2.26. The molecule has 3 amide bonds. The molecular formula is C21H22FN3O7S. The highest BCUT2D eigenvalue weighted by molar-refractivity contribution is 7.90. The van der Waals surface area contributed by atoms with Crippen molar-refractivity contribution in [2.24, 2.45) is 0 Å². The van der Waals surface area contributed by atoms with Crippen molar-refractivity contribution in [1.82, 2.24) is 9.88 Å². The van der Waals surface area contributed by atoms with Crippen molar-refractivity contribution >= 4 is 33.2 Å². The molecule has 0 aliphatic carbocycles. The number of hydrogen-bond donors (Lipinski definition) is 1. The lowest BCUT2D eigenvalue weighted by molar-refractivity contribution is -0.114. The highest BCUT2D eigenvalue weighted by Gasteiger charge is 2.45. The van der Waals surface area contributed by atoms with E-state index in [2.05, 4.69) is 10.3 Å². The summed E-state index contributed by atoms with van der Waals surface area (Å²) in [5, 5.41) is 2.40. The fourth-order valence-corrected chi connectivity index (χ4v) is 4.41. The number of carbonyl (C=O) groups excluding carboxylic acids is 3. The molecule has 33 heavy (non-hydrogen) atoms. The van der Waals surface area contributed by atoms with Crippen LogP contribution in [0.25, 0.3) is 0 Å². The van der Waals surface area contributed by atoms with Gasteiger partial charge in [-0.2, -0.15) is 0 Å². The Morgan fingerprint density at radius 3 is 2.42 bits per heavy atom. The third kappa shape index (κ3) is 4.80. The van der Waals surface area contributed by atoms with E-state index in [1.807, 2.05) is 0 Å². The summed E-state index contributed by atoms with van der Waals surface area (Å²) in [7, 11) is -2.35. The van der Waals surface area contributed by atoms with E-state index in [0.29, 0.717) is 4.90 Å². The Balaban J connectivity index is 2.17. The van der Waals surface area contributed by atoms with Crippen LogP contribution in [0.4, 0.5) is 10.1 Å². The van der Waals surface area contributed by atoms with Gasteiger partial charge in [0.2, 0.25) is 5.91 Å². The Bertz CT molecular complexity index is 1250. The fraction of sp³-hybridized carbons (Fsp3) is 0.333. The first kappa shape index (κ1) is 24.1. The maximum Gasteiger partial charge on any atom is 0.265 e. The Kier molecular flexibility index (Phi) is 6.68. The first-order chi connectivity index (χ1) is 15.5. The van der Waals surface area contributed by atoms with Crippen LogP contribution in [0.2, 0.25) is 0 Å². The third-order valence-electron chi connectivity index (χ3n) is 4.79. The minimum absolute atomic E-state index is 0.0284. The second-order valence-electron chi connectivity index (χ2n) is 7.29. The van der Waals surface area contributed by atoms with Crippen LogP contribution < -0.4 is 14.8 Å². The summed E-state index contributed by atoms with van der Waals surface area (Å²) in [5.41, 5.74) is -0.938. The second-order valence-corrected chi connectivity index (χ2v) is 9.48. The van der Waals surface area contributed by atoms with Gasteiger partial charge in [0.05, 0.1) is 48.0 Å². The Morgan fingerprint density at radius 2 is 1.85 bits per heavy atom. The van der Waals surface area contributed by atoms with E-state index in [-0.39, 0.29) is 35.2 Å². The number of nitrogens with one attached hydrogen (secondary N) is 1. The van der Waals surface area contributed by atoms with E-state index in [9.17, 15) is 27.2 Å². The number of aromatic nitrogens is 1. The Morgan fingerprint density at radius 1 is 1.18 bits per heavy atom. The molecule has 2 aromatic rings. The molecule has 0 fully saturated rings. The maximum absolute atomic E-state index is 14.6. The van der Waals surface area contributed by atoms with Crippen LogP contribution in [-0.4, -0.2) is 61.7 Å². The van der Waals surface area contributed by atoms with Crippen molar-refractivity contribution in [2.75, 3.05) is 31.0 Å². The molecule has 12 heteroatoms. The third-order valence-corrected chi connectivity index (χ3v) is 5.71. The van der Waals surface area contributed by atoms with Crippen molar-refractivity contribution in [1.29, 1.82) is 0 Å². The molecule has 0 spiro atoms. The zero-order chi connectivity index (χ0) is 24.5. The number of amides is 3. The summed E-state index contributed by atoms with van der Waals surface area (Å²) in [6.07, 6.45) is 0.939. The number of pyridine rings is 1. The van der Waals surface area contributed by atoms with Gasteiger partial charge < -0.3 is 14.8 Å². The number of anilines is 1. The van der Waals surface area contributed by atoms with Crippen LogP contribution >= 0.6 is 0 Å². The van der Waals surface area contributed by atoms with Crippen LogP contribution in [0.5, 0.6) is 11.6 Å². The van der Waals surface area contributed by atoms with Crippen molar-refractivity contribution in [3.8, 4) is 11.6 Å². The SMILES string of the molecule is CCOc1nc([C@@H](CS(C)(=O)=O)N2C(=O)c3c(F)ccc(NC(C)=O)c3C2=O)ccc1OC. The molecule has 1 aliphatic rings. The standard InChI is InChI=1S/C21H22FN3O7S/c1-5-32-19-16(31-3)9-8-13(24-19)15(10-33(4,29)30)25-20(27)17-12(22)6-7-14(23-11(2)26)18(17)21(25)28/h6-9,15H,5,10H2,1-4H3,(H,23,26)/t15-/m1/s1. The van der Waals surface area contributed by atoms with Gasteiger partial charge in [0.25, 0.3) is 17.7 Å². The number of sulfone groups is 1. The molecule has 1 aromatic heterocycles. The van der Waals surface area contributed by atoms with E-state index in [4.69, 9.17) is 9.47 Å². The zero-order valence-electron chi connectivity index (χ0n) is 18.3. The van der Waals surface area contributed by atoms with Crippen LogP contribution in [-0.2, 0) is 14.6 Å². The molecule has 0 saturated carbocycles. The van der Waals surface area contributed by atoms with E-state index < -0.39 is 50.7 Å². The van der Waals surface area contributed by atoms with Gasteiger partial charge in [-0.3, -0.25) is 19.3 Å². The summed E-state index contributed by atoms with van der Waals surface area (Å²) in [6, 6.07) is 3.58. The number of carbonyl (C=O) groups is 3. The molecule has 0 unspecified atom stereocenters. The molecule has 2 heterocycles. The summed E-state index contributed by atoms with van der Waals surface area (Å²) in [5.74, 6) is -3.87. The summed E-state index contributed by atoms with van der Waals surface area (Å²) >= 11 is 0. The van der Waals surface area contributed by atoms with Crippen LogP contribution in [0.1, 0.15) is 46.3 Å². The fourth-order valence-electron chi connectivity index (χ4n) is 3.52. The van der Waals surface area contributed by atoms with E-state index >= 15 is 0 Å². The summed E-state index contributed by atoms with van der Waals surface area (Å²) in [4.78, 5) is 42.9. The Labute approximate surface area is 189 Å². The molecule has 1 aliphatic heterocycles. The van der Waals surface area contributed by atoms with Gasteiger partial charge in [0.1, 0.15) is 15.7 Å². The number of halogens is 1. The molecule has 3 rings (SSSR count). The van der Waals surface area contributed by atoms with Gasteiger partial charge in [-0.05, 0) is 31.2 Å². The highest BCUT2D eigenvalue weighted by Crippen LogP contribution is 2.38. The van der Waals surface area contributed by atoms with Gasteiger partial charge in [-0.25, -0.2) is 17.8 Å². The first-order valence-electron chi connectivity index (χ1n) is 9.81. The smallest absolute Gasteiger partial charge is 0.265 e. The topological polar surface area (TPSA) is 132 Å². The number of nitrogens with zero attached hydrogens (tertiary/aromatic N) is 2. The molecule has 10 nitrogen and oxygen atoms in total. The minimum atomic E-state index is -3.74. The number of benzene rings is 1. The number of methoxy groups -OCH3 is 1. The molecule has 1 aromatic carbocycles. The van der Waals surface area contributed by atoms with Crippen LogP contribution in [0.3, 0.4) is 0 Å². The maximum atomic E-state index is 14.6. The number of imide groups is 1. The average Bonchev–Trinajstić information content (AvgIpc) is 2.99. The Hall–Kier alpha value is -3.54. The van der Waals surface area contributed by atoms with Crippen LogP contribution in [0, 0.1) is 5.82 Å². The lowest BCUT2D eigenvalue weighted by Crippen LogP contribution is -2.38. The predicted molar refractivity (Wildman–Crippen MR) is 116 cm³/mol. The number of ether oxygens (including phenoxy) is 2. The number of rotatable bonds is 8. The average molecular weight is 479 g/mol. The first-order valence-corrected chi connectivity index (χ1v) is 11.9. The van der Waals surface area contributed by atoms with Crippen LogP contribution in [0.15, 0.2) is 24.3 Å². The van der Waals surface area contributed by atoms with Gasteiger partial charge >= 0.3 is 0 Å². The predicted octanol–water partition coefficient (Wildman–Crippen LogP) is 1.97. The normalized spacial score (nSPS) is 14.2.